The van der Waals surface area contributed by atoms with Crippen LogP contribution in [0.1, 0.15) is 19.4 Å². The van der Waals surface area contributed by atoms with Gasteiger partial charge in [-0.3, -0.25) is 4.98 Å². The van der Waals surface area contributed by atoms with Crippen LogP contribution in [0.25, 0.3) is 0 Å². The fourth-order valence-corrected chi connectivity index (χ4v) is 1.58. The van der Waals surface area contributed by atoms with Crippen molar-refractivity contribution >= 4 is 5.97 Å². The highest BCUT2D eigenvalue weighted by atomic mass is 16.7. The second-order valence-electron chi connectivity index (χ2n) is 3.60. The van der Waals surface area contributed by atoms with Gasteiger partial charge in [0, 0.05) is 18.0 Å². The highest BCUT2D eigenvalue weighted by Gasteiger charge is 2.59. The van der Waals surface area contributed by atoms with Gasteiger partial charge >= 0.3 is 5.97 Å². The molecule has 0 saturated carbocycles. The molecule has 0 amide bonds. The predicted octanol–water partition coefficient (Wildman–Crippen LogP) is 1.26. The Bertz CT molecular complexity index is 365. The highest BCUT2D eigenvalue weighted by molar-refractivity contribution is 5.79. The average Bonchev–Trinajstić information content (AvgIpc) is 2.94. The molecule has 0 N–H and O–H groups in total. The van der Waals surface area contributed by atoms with Crippen LogP contribution in [0.3, 0.4) is 0 Å². The lowest BCUT2D eigenvalue weighted by atomic mass is 9.99. The molecule has 1 aliphatic rings. The zero-order valence-electron chi connectivity index (χ0n) is 8.77. The zero-order valence-corrected chi connectivity index (χ0v) is 8.77. The lowest BCUT2D eigenvalue weighted by molar-refractivity contribution is -0.144. The maximum Gasteiger partial charge on any atom is 0.338 e. The molecule has 0 bridgehead atoms. The van der Waals surface area contributed by atoms with Gasteiger partial charge < -0.3 is 9.47 Å². The quantitative estimate of drug-likeness (QED) is 0.553. The second-order valence-corrected chi connectivity index (χ2v) is 3.60. The number of nitrogens with zero attached hydrogens (tertiary/aromatic N) is 1. The number of carbonyl (C=O) groups is 1. The first-order chi connectivity index (χ1) is 7.18. The maximum atomic E-state index is 11.4. The van der Waals surface area contributed by atoms with E-state index < -0.39 is 11.7 Å². The van der Waals surface area contributed by atoms with E-state index in [1.807, 2.05) is 19.1 Å². The predicted molar refractivity (Wildman–Crippen MR) is 53.1 cm³/mol. The van der Waals surface area contributed by atoms with Gasteiger partial charge in [-0.2, -0.15) is 0 Å². The Morgan fingerprint density at radius 2 is 2.53 bits per heavy atom. The van der Waals surface area contributed by atoms with Crippen LogP contribution in [0.2, 0.25) is 0 Å². The molecule has 2 atom stereocenters. The van der Waals surface area contributed by atoms with Crippen molar-refractivity contribution in [1.82, 2.24) is 4.98 Å². The maximum absolute atomic E-state index is 11.4. The molecule has 1 fully saturated rings. The van der Waals surface area contributed by atoms with E-state index in [1.54, 1.807) is 19.3 Å². The Balaban J connectivity index is 2.10. The van der Waals surface area contributed by atoms with Crippen molar-refractivity contribution in [2.45, 2.75) is 25.6 Å². The first-order valence-electron chi connectivity index (χ1n) is 4.93. The summed E-state index contributed by atoms with van der Waals surface area (Å²) in [6.07, 6.45) is 2.91. The van der Waals surface area contributed by atoms with E-state index in [0.717, 1.165) is 5.56 Å². The Morgan fingerprint density at radius 1 is 1.73 bits per heavy atom. The van der Waals surface area contributed by atoms with Gasteiger partial charge in [-0.15, -0.1) is 0 Å². The van der Waals surface area contributed by atoms with E-state index in [1.165, 1.54) is 0 Å². The standard InChI is InChI=1S/C11H13NO3/c1-3-14-10(13)9-11(2,15-9)8-5-4-6-12-7-8/h4-7,9H,3H2,1-2H3/t9-,11+/m0/s1. The fourth-order valence-electron chi connectivity index (χ4n) is 1.58. The third-order valence-corrected chi connectivity index (χ3v) is 2.54. The molecule has 80 valence electrons. The van der Waals surface area contributed by atoms with Gasteiger partial charge in [0.25, 0.3) is 0 Å². The molecule has 0 aromatic carbocycles. The summed E-state index contributed by atoms with van der Waals surface area (Å²) in [6.45, 7) is 4.02. The van der Waals surface area contributed by atoms with Crippen molar-refractivity contribution in [2.24, 2.45) is 0 Å². The third-order valence-electron chi connectivity index (χ3n) is 2.54. The van der Waals surface area contributed by atoms with E-state index in [0.29, 0.717) is 6.61 Å². The van der Waals surface area contributed by atoms with Crippen LogP contribution in [0.4, 0.5) is 0 Å². The molecule has 4 nitrogen and oxygen atoms in total. The summed E-state index contributed by atoms with van der Waals surface area (Å²) in [7, 11) is 0. The topological polar surface area (TPSA) is 51.7 Å². The minimum Gasteiger partial charge on any atom is -0.464 e. The van der Waals surface area contributed by atoms with E-state index in [4.69, 9.17) is 9.47 Å². The molecule has 15 heavy (non-hydrogen) atoms. The van der Waals surface area contributed by atoms with Crippen LogP contribution in [0.5, 0.6) is 0 Å². The van der Waals surface area contributed by atoms with Crippen LogP contribution < -0.4 is 0 Å². The largest absolute Gasteiger partial charge is 0.464 e. The van der Waals surface area contributed by atoms with Gasteiger partial charge in [-0.05, 0) is 19.9 Å². The third kappa shape index (κ3) is 1.72. The lowest BCUT2D eigenvalue weighted by Gasteiger charge is -2.05. The molecule has 0 radical (unpaired) electrons. The van der Waals surface area contributed by atoms with Crippen molar-refractivity contribution in [3.8, 4) is 0 Å². The van der Waals surface area contributed by atoms with Crippen molar-refractivity contribution in [1.29, 1.82) is 0 Å². The molecule has 0 unspecified atom stereocenters. The Kier molecular flexibility index (Phi) is 2.44. The van der Waals surface area contributed by atoms with Crippen LogP contribution in [-0.4, -0.2) is 23.7 Å². The monoisotopic (exact) mass is 207 g/mol. The fraction of sp³-hybridized carbons (Fsp3) is 0.455. The first-order valence-corrected chi connectivity index (χ1v) is 4.93. The van der Waals surface area contributed by atoms with E-state index in [-0.39, 0.29) is 5.97 Å². The van der Waals surface area contributed by atoms with Gasteiger partial charge in [0.15, 0.2) is 6.10 Å². The number of hydrogen-bond acceptors (Lipinski definition) is 4. The summed E-state index contributed by atoms with van der Waals surface area (Å²) < 4.78 is 10.3. The zero-order chi connectivity index (χ0) is 10.9. The summed E-state index contributed by atoms with van der Waals surface area (Å²) in [5, 5.41) is 0. The number of esters is 1. The van der Waals surface area contributed by atoms with Crippen molar-refractivity contribution in [2.75, 3.05) is 6.61 Å². The number of aromatic nitrogens is 1. The highest BCUT2D eigenvalue weighted by Crippen LogP contribution is 2.46. The summed E-state index contributed by atoms with van der Waals surface area (Å²) in [5.74, 6) is -0.302. The van der Waals surface area contributed by atoms with Crippen LogP contribution in [0, 0.1) is 0 Å². The molecule has 2 rings (SSSR count). The number of pyridine rings is 1. The molecule has 1 saturated heterocycles. The van der Waals surface area contributed by atoms with E-state index in [2.05, 4.69) is 4.98 Å². The SMILES string of the molecule is CCOC(=O)[C@@H]1O[C@]1(C)c1cccnc1. The van der Waals surface area contributed by atoms with Crippen LogP contribution in [-0.2, 0) is 19.9 Å². The number of carbonyl (C=O) groups excluding carboxylic acids is 1. The molecule has 1 aromatic rings. The normalized spacial score (nSPS) is 28.5. The second kappa shape index (κ2) is 3.62. The average molecular weight is 207 g/mol. The van der Waals surface area contributed by atoms with Crippen LogP contribution >= 0.6 is 0 Å². The molecular weight excluding hydrogens is 194 g/mol. The number of rotatable bonds is 3. The van der Waals surface area contributed by atoms with Gasteiger partial charge in [-0.25, -0.2) is 4.79 Å². The molecule has 0 aliphatic carbocycles. The Hall–Kier alpha value is -1.42. The van der Waals surface area contributed by atoms with Crippen molar-refractivity contribution < 1.29 is 14.3 Å². The number of ether oxygens (including phenoxy) is 2. The smallest absolute Gasteiger partial charge is 0.338 e. The van der Waals surface area contributed by atoms with Gasteiger partial charge in [0.1, 0.15) is 5.60 Å². The summed E-state index contributed by atoms with van der Waals surface area (Å²) in [6, 6.07) is 3.72. The minimum absolute atomic E-state index is 0.302. The van der Waals surface area contributed by atoms with Crippen LogP contribution in [0.15, 0.2) is 24.5 Å². The summed E-state index contributed by atoms with van der Waals surface area (Å²) >= 11 is 0. The minimum atomic E-state index is -0.555. The van der Waals surface area contributed by atoms with E-state index >= 15 is 0 Å². The van der Waals surface area contributed by atoms with Crippen molar-refractivity contribution in [3.63, 3.8) is 0 Å². The molecule has 2 heterocycles. The summed E-state index contributed by atoms with van der Waals surface area (Å²) in [5.41, 5.74) is 0.351. The molecule has 4 heteroatoms. The Labute approximate surface area is 88.2 Å². The van der Waals surface area contributed by atoms with E-state index in [9.17, 15) is 4.79 Å². The number of epoxide rings is 1. The molecule has 0 spiro atoms. The molecule has 1 aromatic heterocycles. The number of hydrogen-bond donors (Lipinski definition) is 0. The van der Waals surface area contributed by atoms with Gasteiger partial charge in [0.05, 0.1) is 6.61 Å². The first kappa shape index (κ1) is 10.1. The van der Waals surface area contributed by atoms with Gasteiger partial charge in [0.2, 0.25) is 0 Å². The molecule has 1 aliphatic heterocycles. The lowest BCUT2D eigenvalue weighted by Crippen LogP contribution is -2.18. The molecular formula is C11H13NO3. The van der Waals surface area contributed by atoms with Crippen molar-refractivity contribution in [3.05, 3.63) is 30.1 Å². The summed E-state index contributed by atoms with van der Waals surface area (Å²) in [4.78, 5) is 15.4. The van der Waals surface area contributed by atoms with Gasteiger partial charge in [-0.1, -0.05) is 6.07 Å². The Morgan fingerprint density at radius 3 is 3.13 bits per heavy atom.